The Kier molecular flexibility index (Phi) is 10.2. The Morgan fingerprint density at radius 1 is 0.952 bits per heavy atom. The van der Waals surface area contributed by atoms with Gasteiger partial charge >= 0.3 is 0 Å². The standard InChI is InChI=1S/C32H38FN3O5S/c1-23-9-15-28(16-10-23)36(42(39,40)30-19-17-29(41-3)18-20-30)22-31(37)35(21-25-11-13-26(33)14-12-25)24(2)32(38)34-27-7-5-4-6-8-27/h9-20,24,27H,4-8,21-22H2,1-3H3,(H,34,38)/t24-/m1/s1. The van der Waals surface area contributed by atoms with Gasteiger partial charge in [0.15, 0.2) is 0 Å². The summed E-state index contributed by atoms with van der Waals surface area (Å²) < 4.78 is 47.7. The molecular weight excluding hydrogens is 557 g/mol. The van der Waals surface area contributed by atoms with Gasteiger partial charge in [-0.1, -0.05) is 49.1 Å². The molecule has 0 spiro atoms. The van der Waals surface area contributed by atoms with Gasteiger partial charge in [0.05, 0.1) is 17.7 Å². The smallest absolute Gasteiger partial charge is 0.264 e. The molecule has 0 unspecified atom stereocenters. The SMILES string of the molecule is COc1ccc(S(=O)(=O)N(CC(=O)N(Cc2ccc(F)cc2)[C@H](C)C(=O)NC2CCCCC2)c2ccc(C)cc2)cc1. The summed E-state index contributed by atoms with van der Waals surface area (Å²) in [6.07, 6.45) is 4.96. The number of carbonyl (C=O) groups is 2. The van der Waals surface area contributed by atoms with Crippen molar-refractivity contribution < 1.29 is 27.1 Å². The maximum atomic E-state index is 14.0. The van der Waals surface area contributed by atoms with Gasteiger partial charge in [0.25, 0.3) is 10.0 Å². The number of aryl methyl sites for hydroxylation is 1. The third-order valence-electron chi connectivity index (χ3n) is 7.63. The van der Waals surface area contributed by atoms with Gasteiger partial charge < -0.3 is 15.0 Å². The summed E-state index contributed by atoms with van der Waals surface area (Å²) in [7, 11) is -2.70. The Labute approximate surface area is 247 Å². The zero-order valence-electron chi connectivity index (χ0n) is 24.3. The van der Waals surface area contributed by atoms with Crippen molar-refractivity contribution in [3.05, 3.63) is 89.7 Å². The lowest BCUT2D eigenvalue weighted by Gasteiger charge is -2.33. The van der Waals surface area contributed by atoms with Gasteiger partial charge in [-0.2, -0.15) is 0 Å². The summed E-state index contributed by atoms with van der Waals surface area (Å²) in [5.41, 5.74) is 1.85. The van der Waals surface area contributed by atoms with E-state index in [-0.39, 0.29) is 23.4 Å². The van der Waals surface area contributed by atoms with E-state index in [4.69, 9.17) is 4.74 Å². The summed E-state index contributed by atoms with van der Waals surface area (Å²) >= 11 is 0. The number of sulfonamides is 1. The molecular formula is C32H38FN3O5S. The van der Waals surface area contributed by atoms with Crippen LogP contribution in [0, 0.1) is 12.7 Å². The number of nitrogens with zero attached hydrogens (tertiary/aromatic N) is 2. The van der Waals surface area contributed by atoms with Crippen molar-refractivity contribution in [3.8, 4) is 5.75 Å². The number of nitrogens with one attached hydrogen (secondary N) is 1. The Morgan fingerprint density at radius 2 is 1.57 bits per heavy atom. The van der Waals surface area contributed by atoms with Gasteiger partial charge in [-0.15, -0.1) is 0 Å². The largest absolute Gasteiger partial charge is 0.497 e. The molecule has 1 atom stereocenters. The van der Waals surface area contributed by atoms with Gasteiger partial charge in [0.2, 0.25) is 11.8 Å². The van der Waals surface area contributed by atoms with Crippen LogP contribution in [0.3, 0.4) is 0 Å². The quantitative estimate of drug-likeness (QED) is 0.329. The van der Waals surface area contributed by atoms with E-state index in [1.165, 1.54) is 36.3 Å². The van der Waals surface area contributed by atoms with E-state index >= 15 is 0 Å². The second kappa shape index (κ2) is 13.8. The molecule has 2 amide bonds. The fraction of sp³-hybridized carbons (Fsp3) is 0.375. The minimum Gasteiger partial charge on any atom is -0.497 e. The van der Waals surface area contributed by atoms with Crippen molar-refractivity contribution in [2.24, 2.45) is 0 Å². The molecule has 8 nitrogen and oxygen atoms in total. The highest BCUT2D eigenvalue weighted by atomic mass is 32.2. The number of halogens is 1. The second-order valence-electron chi connectivity index (χ2n) is 10.7. The van der Waals surface area contributed by atoms with Crippen molar-refractivity contribution in [1.29, 1.82) is 0 Å². The lowest BCUT2D eigenvalue weighted by atomic mass is 9.95. The van der Waals surface area contributed by atoms with Crippen LogP contribution in [0.4, 0.5) is 10.1 Å². The van der Waals surface area contributed by atoms with Gasteiger partial charge in [0, 0.05) is 12.6 Å². The Balaban J connectivity index is 1.66. The van der Waals surface area contributed by atoms with Crippen molar-refractivity contribution in [2.45, 2.75) is 69.5 Å². The molecule has 0 radical (unpaired) electrons. The highest BCUT2D eigenvalue weighted by Gasteiger charge is 2.33. The molecule has 1 saturated carbocycles. The average molecular weight is 596 g/mol. The van der Waals surface area contributed by atoms with Gasteiger partial charge in [-0.05, 0) is 80.8 Å². The summed E-state index contributed by atoms with van der Waals surface area (Å²) in [6.45, 7) is 2.98. The van der Waals surface area contributed by atoms with Crippen molar-refractivity contribution >= 4 is 27.5 Å². The average Bonchev–Trinajstić information content (AvgIpc) is 3.00. The highest BCUT2D eigenvalue weighted by Crippen LogP contribution is 2.26. The van der Waals surface area contributed by atoms with Crippen LogP contribution in [0.15, 0.2) is 77.7 Å². The first kappa shape index (κ1) is 31.0. The van der Waals surface area contributed by atoms with E-state index in [2.05, 4.69) is 5.32 Å². The first-order valence-corrected chi connectivity index (χ1v) is 15.6. The number of methoxy groups -OCH3 is 1. The van der Waals surface area contributed by atoms with E-state index in [0.717, 1.165) is 42.0 Å². The van der Waals surface area contributed by atoms with Crippen LogP contribution in [0.2, 0.25) is 0 Å². The molecule has 224 valence electrons. The molecule has 3 aromatic carbocycles. The maximum Gasteiger partial charge on any atom is 0.264 e. The van der Waals surface area contributed by atoms with Crippen LogP contribution in [-0.4, -0.2) is 50.9 Å². The Hall–Kier alpha value is -3.92. The molecule has 0 bridgehead atoms. The molecule has 10 heteroatoms. The summed E-state index contributed by atoms with van der Waals surface area (Å²) in [6, 6.07) is 17.6. The lowest BCUT2D eigenvalue weighted by molar-refractivity contribution is -0.139. The van der Waals surface area contributed by atoms with Crippen molar-refractivity contribution in [1.82, 2.24) is 10.2 Å². The summed E-state index contributed by atoms with van der Waals surface area (Å²) in [4.78, 5) is 28.7. The van der Waals surface area contributed by atoms with Crippen LogP contribution >= 0.6 is 0 Å². The number of carbonyl (C=O) groups excluding carboxylic acids is 2. The molecule has 1 N–H and O–H groups in total. The molecule has 4 rings (SSSR count). The normalized spacial score (nSPS) is 14.6. The van der Waals surface area contributed by atoms with Gasteiger partial charge in [-0.25, -0.2) is 12.8 Å². The van der Waals surface area contributed by atoms with E-state index in [9.17, 15) is 22.4 Å². The zero-order valence-corrected chi connectivity index (χ0v) is 25.1. The maximum absolute atomic E-state index is 14.0. The Morgan fingerprint density at radius 3 is 2.17 bits per heavy atom. The van der Waals surface area contributed by atoms with E-state index in [1.54, 1.807) is 55.5 Å². The molecule has 0 heterocycles. The number of anilines is 1. The number of amides is 2. The van der Waals surface area contributed by atoms with E-state index in [0.29, 0.717) is 17.0 Å². The third kappa shape index (κ3) is 7.67. The fourth-order valence-corrected chi connectivity index (χ4v) is 6.47. The molecule has 0 saturated heterocycles. The molecule has 0 aliphatic heterocycles. The van der Waals surface area contributed by atoms with E-state index in [1.807, 2.05) is 6.92 Å². The van der Waals surface area contributed by atoms with Crippen LogP contribution < -0.4 is 14.4 Å². The molecule has 3 aromatic rings. The fourth-order valence-electron chi connectivity index (χ4n) is 5.05. The first-order valence-electron chi connectivity index (χ1n) is 14.2. The van der Waals surface area contributed by atoms with Crippen molar-refractivity contribution in [3.63, 3.8) is 0 Å². The molecule has 0 aromatic heterocycles. The zero-order chi connectivity index (χ0) is 30.3. The number of rotatable bonds is 11. The van der Waals surface area contributed by atoms with Crippen LogP contribution in [0.1, 0.15) is 50.2 Å². The second-order valence-corrected chi connectivity index (χ2v) is 12.6. The first-order chi connectivity index (χ1) is 20.1. The highest BCUT2D eigenvalue weighted by molar-refractivity contribution is 7.92. The molecule has 42 heavy (non-hydrogen) atoms. The van der Waals surface area contributed by atoms with Crippen LogP contribution in [0.25, 0.3) is 0 Å². The van der Waals surface area contributed by atoms with Crippen LogP contribution in [-0.2, 0) is 26.2 Å². The number of hydrogen-bond acceptors (Lipinski definition) is 5. The number of hydrogen-bond donors (Lipinski definition) is 1. The van der Waals surface area contributed by atoms with Crippen LogP contribution in [0.5, 0.6) is 5.75 Å². The van der Waals surface area contributed by atoms with Gasteiger partial charge in [0.1, 0.15) is 24.2 Å². The minimum absolute atomic E-state index is 0.00267. The Bertz CT molecular complexity index is 1460. The minimum atomic E-state index is -4.19. The number of benzene rings is 3. The monoisotopic (exact) mass is 595 g/mol. The predicted octanol–water partition coefficient (Wildman–Crippen LogP) is 5.20. The van der Waals surface area contributed by atoms with Crippen molar-refractivity contribution in [2.75, 3.05) is 18.0 Å². The van der Waals surface area contributed by atoms with E-state index < -0.39 is 34.3 Å². The predicted molar refractivity (Wildman–Crippen MR) is 160 cm³/mol. The third-order valence-corrected chi connectivity index (χ3v) is 9.42. The summed E-state index contributed by atoms with van der Waals surface area (Å²) in [5.74, 6) is -0.799. The molecule has 1 aliphatic carbocycles. The molecule has 1 fully saturated rings. The van der Waals surface area contributed by atoms with Gasteiger partial charge in [-0.3, -0.25) is 13.9 Å². The summed E-state index contributed by atoms with van der Waals surface area (Å²) in [5, 5.41) is 3.07. The topological polar surface area (TPSA) is 96.0 Å². The molecule has 1 aliphatic rings. The lowest BCUT2D eigenvalue weighted by Crippen LogP contribution is -2.53. The number of ether oxygens (including phenoxy) is 1.